The van der Waals surface area contributed by atoms with Gasteiger partial charge in [-0.25, -0.2) is 0 Å². The number of rotatable bonds is 5. The summed E-state index contributed by atoms with van der Waals surface area (Å²) in [5.41, 5.74) is 2.09. The molecule has 2 aromatic rings. The second-order valence-electron chi connectivity index (χ2n) is 6.08. The maximum atomic E-state index is 12.2. The van der Waals surface area contributed by atoms with Gasteiger partial charge in [0.25, 0.3) is 5.91 Å². The first-order chi connectivity index (χ1) is 12.0. The third kappa shape index (κ3) is 4.50. The molecule has 0 aromatic heterocycles. The number of anilines is 2. The predicted octanol–water partition coefficient (Wildman–Crippen LogP) is 2.99. The number of hydrogen-bond acceptors (Lipinski definition) is 4. The van der Waals surface area contributed by atoms with E-state index in [4.69, 9.17) is 9.47 Å². The van der Waals surface area contributed by atoms with Crippen molar-refractivity contribution in [2.75, 3.05) is 17.2 Å². The van der Waals surface area contributed by atoms with E-state index in [2.05, 4.69) is 10.6 Å². The van der Waals surface area contributed by atoms with Crippen molar-refractivity contribution in [1.29, 1.82) is 0 Å². The Balaban J connectivity index is 1.61. The van der Waals surface area contributed by atoms with Crippen LogP contribution in [0.1, 0.15) is 19.4 Å². The quantitative estimate of drug-likeness (QED) is 0.877. The fourth-order valence-electron chi connectivity index (χ4n) is 2.52. The van der Waals surface area contributed by atoms with E-state index in [1.165, 1.54) is 0 Å². The number of carbonyl (C=O) groups is 2. The minimum absolute atomic E-state index is 0.0172. The third-order valence-electron chi connectivity index (χ3n) is 3.55. The average molecular weight is 340 g/mol. The SMILES string of the molecule is CC(C)Oc1ccc(NC(=O)Cc2ccc3c(c2)NC(=O)CO3)cc1. The van der Waals surface area contributed by atoms with Gasteiger partial charge < -0.3 is 20.1 Å². The first kappa shape index (κ1) is 16.8. The van der Waals surface area contributed by atoms with Crippen molar-refractivity contribution in [3.63, 3.8) is 0 Å². The molecule has 0 saturated heterocycles. The normalized spacial score (nSPS) is 12.8. The molecule has 6 nitrogen and oxygen atoms in total. The van der Waals surface area contributed by atoms with E-state index in [9.17, 15) is 9.59 Å². The standard InChI is InChI=1S/C19H20N2O4/c1-12(2)25-15-6-4-14(5-7-15)20-18(22)10-13-3-8-17-16(9-13)21-19(23)11-24-17/h3-9,12H,10-11H2,1-2H3,(H,20,22)(H,21,23). The number of carbonyl (C=O) groups excluding carboxylic acids is 2. The summed E-state index contributed by atoms with van der Waals surface area (Å²) in [6.45, 7) is 3.94. The number of fused-ring (bicyclic) bond motifs is 1. The van der Waals surface area contributed by atoms with E-state index in [1.807, 2.05) is 32.0 Å². The lowest BCUT2D eigenvalue weighted by Gasteiger charge is -2.18. The van der Waals surface area contributed by atoms with Crippen LogP contribution in [0.3, 0.4) is 0 Å². The monoisotopic (exact) mass is 340 g/mol. The molecule has 0 fully saturated rings. The Morgan fingerprint density at radius 1 is 1.24 bits per heavy atom. The molecule has 25 heavy (non-hydrogen) atoms. The van der Waals surface area contributed by atoms with Gasteiger partial charge in [-0.1, -0.05) is 6.07 Å². The van der Waals surface area contributed by atoms with Crippen LogP contribution in [0.2, 0.25) is 0 Å². The lowest BCUT2D eigenvalue weighted by Crippen LogP contribution is -2.25. The molecule has 1 heterocycles. The smallest absolute Gasteiger partial charge is 0.262 e. The van der Waals surface area contributed by atoms with Crippen molar-refractivity contribution < 1.29 is 19.1 Å². The fourth-order valence-corrected chi connectivity index (χ4v) is 2.52. The molecule has 0 saturated carbocycles. The summed E-state index contributed by atoms with van der Waals surface area (Å²) >= 11 is 0. The Morgan fingerprint density at radius 2 is 2.00 bits per heavy atom. The molecule has 0 spiro atoms. The lowest BCUT2D eigenvalue weighted by molar-refractivity contribution is -0.118. The van der Waals surface area contributed by atoms with E-state index in [-0.39, 0.29) is 30.9 Å². The maximum absolute atomic E-state index is 12.2. The molecule has 0 bridgehead atoms. The summed E-state index contributed by atoms with van der Waals surface area (Å²) in [6, 6.07) is 12.6. The molecular weight excluding hydrogens is 320 g/mol. The van der Waals surface area contributed by atoms with Gasteiger partial charge in [-0.3, -0.25) is 9.59 Å². The summed E-state index contributed by atoms with van der Waals surface area (Å²) in [7, 11) is 0. The van der Waals surface area contributed by atoms with Gasteiger partial charge in [-0.05, 0) is 55.8 Å². The zero-order valence-corrected chi connectivity index (χ0v) is 14.2. The molecule has 0 unspecified atom stereocenters. The minimum atomic E-state index is -0.196. The largest absolute Gasteiger partial charge is 0.491 e. The van der Waals surface area contributed by atoms with Crippen LogP contribution in [0, 0.1) is 0 Å². The zero-order valence-electron chi connectivity index (χ0n) is 14.2. The van der Waals surface area contributed by atoms with Crippen LogP contribution >= 0.6 is 0 Å². The van der Waals surface area contributed by atoms with E-state index in [0.29, 0.717) is 17.1 Å². The van der Waals surface area contributed by atoms with Crippen LogP contribution in [0.5, 0.6) is 11.5 Å². The van der Waals surface area contributed by atoms with Crippen LogP contribution < -0.4 is 20.1 Å². The van der Waals surface area contributed by atoms with Gasteiger partial charge in [-0.2, -0.15) is 0 Å². The van der Waals surface area contributed by atoms with Gasteiger partial charge in [0.1, 0.15) is 11.5 Å². The number of ether oxygens (including phenoxy) is 2. The second-order valence-corrected chi connectivity index (χ2v) is 6.08. The summed E-state index contributed by atoms with van der Waals surface area (Å²) in [5.74, 6) is 1.04. The van der Waals surface area contributed by atoms with Crippen LogP contribution in [-0.4, -0.2) is 24.5 Å². The number of benzene rings is 2. The fraction of sp³-hybridized carbons (Fsp3) is 0.263. The van der Waals surface area contributed by atoms with Crippen molar-refractivity contribution in [1.82, 2.24) is 0 Å². The summed E-state index contributed by atoms with van der Waals surface area (Å²) in [5, 5.41) is 5.58. The topological polar surface area (TPSA) is 76.7 Å². The molecule has 2 aromatic carbocycles. The molecule has 0 radical (unpaired) electrons. The highest BCUT2D eigenvalue weighted by Gasteiger charge is 2.16. The Bertz CT molecular complexity index is 785. The molecular formula is C19H20N2O4. The summed E-state index contributed by atoms with van der Waals surface area (Å²) < 4.78 is 10.9. The molecule has 3 rings (SSSR count). The van der Waals surface area contributed by atoms with Crippen LogP contribution in [0.15, 0.2) is 42.5 Å². The first-order valence-electron chi connectivity index (χ1n) is 8.12. The molecule has 1 aliphatic heterocycles. The number of amides is 2. The summed E-state index contributed by atoms with van der Waals surface area (Å²) in [4.78, 5) is 23.6. The highest BCUT2D eigenvalue weighted by atomic mass is 16.5. The maximum Gasteiger partial charge on any atom is 0.262 e. The van der Waals surface area contributed by atoms with Crippen LogP contribution in [0.25, 0.3) is 0 Å². The van der Waals surface area contributed by atoms with Gasteiger partial charge in [0.15, 0.2) is 6.61 Å². The van der Waals surface area contributed by atoms with Crippen LogP contribution in [-0.2, 0) is 16.0 Å². The summed E-state index contributed by atoms with van der Waals surface area (Å²) in [6.07, 6.45) is 0.307. The molecule has 2 N–H and O–H groups in total. The molecule has 6 heteroatoms. The van der Waals surface area contributed by atoms with Crippen LogP contribution in [0.4, 0.5) is 11.4 Å². The van der Waals surface area contributed by atoms with E-state index >= 15 is 0 Å². The highest BCUT2D eigenvalue weighted by molar-refractivity contribution is 5.96. The zero-order chi connectivity index (χ0) is 17.8. The molecule has 0 atom stereocenters. The Kier molecular flexibility index (Phi) is 4.88. The Hall–Kier alpha value is -3.02. The average Bonchev–Trinajstić information content (AvgIpc) is 2.55. The molecule has 130 valence electrons. The van der Waals surface area contributed by atoms with Crippen molar-refractivity contribution in [2.45, 2.75) is 26.4 Å². The first-order valence-corrected chi connectivity index (χ1v) is 8.12. The second kappa shape index (κ2) is 7.25. The Labute approximate surface area is 146 Å². The number of hydrogen-bond donors (Lipinski definition) is 2. The van der Waals surface area contributed by atoms with Gasteiger partial charge in [0.05, 0.1) is 18.2 Å². The van der Waals surface area contributed by atoms with E-state index in [1.54, 1.807) is 24.3 Å². The van der Waals surface area contributed by atoms with E-state index in [0.717, 1.165) is 11.3 Å². The highest BCUT2D eigenvalue weighted by Crippen LogP contribution is 2.28. The minimum Gasteiger partial charge on any atom is -0.491 e. The molecule has 1 aliphatic rings. The van der Waals surface area contributed by atoms with Gasteiger partial charge >= 0.3 is 0 Å². The predicted molar refractivity (Wildman–Crippen MR) is 95.1 cm³/mol. The molecule has 0 aliphatic carbocycles. The number of nitrogens with one attached hydrogen (secondary N) is 2. The lowest BCUT2D eigenvalue weighted by atomic mass is 10.1. The Morgan fingerprint density at radius 3 is 2.72 bits per heavy atom. The van der Waals surface area contributed by atoms with Crippen molar-refractivity contribution >= 4 is 23.2 Å². The van der Waals surface area contributed by atoms with Gasteiger partial charge in [0, 0.05) is 5.69 Å². The van der Waals surface area contributed by atoms with Crippen molar-refractivity contribution in [2.24, 2.45) is 0 Å². The van der Waals surface area contributed by atoms with E-state index < -0.39 is 0 Å². The van der Waals surface area contributed by atoms with Crippen molar-refractivity contribution in [3.05, 3.63) is 48.0 Å². The third-order valence-corrected chi connectivity index (χ3v) is 3.55. The molecule has 2 amide bonds. The van der Waals surface area contributed by atoms with Gasteiger partial charge in [-0.15, -0.1) is 0 Å². The van der Waals surface area contributed by atoms with Crippen molar-refractivity contribution in [3.8, 4) is 11.5 Å². The van der Waals surface area contributed by atoms with Gasteiger partial charge in [0.2, 0.25) is 5.91 Å².